The van der Waals surface area contributed by atoms with Crippen molar-refractivity contribution in [1.82, 2.24) is 5.32 Å². The number of hydrogen-bond acceptors (Lipinski definition) is 1. The van der Waals surface area contributed by atoms with Gasteiger partial charge in [-0.1, -0.05) is 13.3 Å². The van der Waals surface area contributed by atoms with Crippen LogP contribution < -0.4 is 10.2 Å². The van der Waals surface area contributed by atoms with Gasteiger partial charge in [-0.15, -0.1) is 0 Å². The standard InChI is InChI=1S/C8H18N2/c1-2-3-6-10-7-4-9-5-8-10/h9H,2-8H2,1H3/p+1. The summed E-state index contributed by atoms with van der Waals surface area (Å²) in [6.07, 6.45) is 2.74. The minimum absolute atomic E-state index is 1.22. The molecule has 2 heteroatoms. The van der Waals surface area contributed by atoms with Crippen LogP contribution in [-0.2, 0) is 0 Å². The SMILES string of the molecule is CCCC[NH+]1CCNCC1. The van der Waals surface area contributed by atoms with Gasteiger partial charge < -0.3 is 10.2 Å². The maximum atomic E-state index is 3.37. The van der Waals surface area contributed by atoms with Gasteiger partial charge in [-0.3, -0.25) is 0 Å². The van der Waals surface area contributed by atoms with Crippen molar-refractivity contribution in [2.24, 2.45) is 0 Å². The van der Waals surface area contributed by atoms with E-state index < -0.39 is 0 Å². The summed E-state index contributed by atoms with van der Waals surface area (Å²) in [5, 5.41) is 3.37. The Morgan fingerprint density at radius 2 is 2.00 bits per heavy atom. The van der Waals surface area contributed by atoms with E-state index in [2.05, 4.69) is 12.2 Å². The van der Waals surface area contributed by atoms with Crippen molar-refractivity contribution >= 4 is 0 Å². The van der Waals surface area contributed by atoms with E-state index in [0.717, 1.165) is 0 Å². The van der Waals surface area contributed by atoms with Gasteiger partial charge >= 0.3 is 0 Å². The van der Waals surface area contributed by atoms with Gasteiger partial charge in [-0.25, -0.2) is 0 Å². The maximum Gasteiger partial charge on any atom is 0.0898 e. The molecule has 0 aromatic rings. The van der Waals surface area contributed by atoms with E-state index in [-0.39, 0.29) is 0 Å². The summed E-state index contributed by atoms with van der Waals surface area (Å²) in [6.45, 7) is 8.76. The predicted octanol–water partition coefficient (Wildman–Crippen LogP) is -0.725. The summed E-state index contributed by atoms with van der Waals surface area (Å²) in [6, 6.07) is 0. The minimum atomic E-state index is 1.22. The lowest BCUT2D eigenvalue weighted by molar-refractivity contribution is -0.902. The van der Waals surface area contributed by atoms with Gasteiger partial charge in [0.1, 0.15) is 0 Å². The van der Waals surface area contributed by atoms with Crippen LogP contribution in [-0.4, -0.2) is 32.7 Å². The fraction of sp³-hybridized carbons (Fsp3) is 1.00. The average Bonchev–Trinajstić information content (AvgIpc) is 2.03. The van der Waals surface area contributed by atoms with Gasteiger partial charge in [0.2, 0.25) is 0 Å². The smallest absolute Gasteiger partial charge is 0.0898 e. The molecular weight excluding hydrogens is 124 g/mol. The van der Waals surface area contributed by atoms with Crippen LogP contribution in [0, 0.1) is 0 Å². The number of piperazine rings is 1. The van der Waals surface area contributed by atoms with Crippen LogP contribution in [0.1, 0.15) is 19.8 Å². The Bertz CT molecular complexity index is 77.3. The third-order valence-corrected chi connectivity index (χ3v) is 2.19. The molecule has 0 bridgehead atoms. The second-order valence-electron chi connectivity index (χ2n) is 3.10. The van der Waals surface area contributed by atoms with E-state index in [1.807, 2.05) is 0 Å². The molecule has 1 fully saturated rings. The lowest BCUT2D eigenvalue weighted by atomic mass is 10.3. The lowest BCUT2D eigenvalue weighted by Gasteiger charge is -2.23. The molecule has 1 aliphatic rings. The molecule has 0 aliphatic carbocycles. The van der Waals surface area contributed by atoms with Crippen molar-refractivity contribution < 1.29 is 4.90 Å². The summed E-state index contributed by atoms with van der Waals surface area (Å²) in [4.78, 5) is 1.79. The van der Waals surface area contributed by atoms with E-state index >= 15 is 0 Å². The Kier molecular flexibility index (Phi) is 3.76. The number of unbranched alkanes of at least 4 members (excludes halogenated alkanes) is 1. The van der Waals surface area contributed by atoms with Crippen molar-refractivity contribution in [3.05, 3.63) is 0 Å². The Morgan fingerprint density at radius 1 is 1.30 bits per heavy atom. The Balaban J connectivity index is 2.02. The second-order valence-corrected chi connectivity index (χ2v) is 3.10. The molecule has 0 spiro atoms. The highest BCUT2D eigenvalue weighted by molar-refractivity contribution is 4.49. The van der Waals surface area contributed by atoms with Crippen LogP contribution in [0.2, 0.25) is 0 Å². The zero-order valence-electron chi connectivity index (χ0n) is 6.95. The number of hydrogen-bond donors (Lipinski definition) is 2. The van der Waals surface area contributed by atoms with Gasteiger partial charge in [-0.05, 0) is 6.42 Å². The molecule has 0 unspecified atom stereocenters. The maximum absolute atomic E-state index is 3.37. The largest absolute Gasteiger partial charge is 0.333 e. The molecule has 2 nitrogen and oxygen atoms in total. The molecule has 0 aromatic carbocycles. The molecule has 60 valence electrons. The number of rotatable bonds is 3. The van der Waals surface area contributed by atoms with E-state index in [4.69, 9.17) is 0 Å². The number of quaternary nitrogens is 1. The van der Waals surface area contributed by atoms with Crippen molar-refractivity contribution in [2.45, 2.75) is 19.8 Å². The van der Waals surface area contributed by atoms with Crippen molar-refractivity contribution in [3.63, 3.8) is 0 Å². The fourth-order valence-corrected chi connectivity index (χ4v) is 1.46. The van der Waals surface area contributed by atoms with Gasteiger partial charge in [-0.2, -0.15) is 0 Å². The molecule has 0 aromatic heterocycles. The first kappa shape index (κ1) is 8.02. The quantitative estimate of drug-likeness (QED) is 0.533. The highest BCUT2D eigenvalue weighted by Crippen LogP contribution is 1.79. The van der Waals surface area contributed by atoms with Crippen molar-refractivity contribution in [3.8, 4) is 0 Å². The molecule has 1 rings (SSSR count). The van der Waals surface area contributed by atoms with Gasteiger partial charge in [0.25, 0.3) is 0 Å². The molecule has 1 aliphatic heterocycles. The minimum Gasteiger partial charge on any atom is -0.333 e. The molecule has 10 heavy (non-hydrogen) atoms. The van der Waals surface area contributed by atoms with E-state index in [1.54, 1.807) is 4.90 Å². The highest BCUT2D eigenvalue weighted by atomic mass is 15.2. The highest BCUT2D eigenvalue weighted by Gasteiger charge is 2.10. The first-order chi connectivity index (χ1) is 4.93. The fourth-order valence-electron chi connectivity index (χ4n) is 1.46. The molecule has 0 radical (unpaired) electrons. The van der Waals surface area contributed by atoms with Crippen LogP contribution in [0.15, 0.2) is 0 Å². The summed E-state index contributed by atoms with van der Waals surface area (Å²) < 4.78 is 0. The molecule has 0 amide bonds. The Morgan fingerprint density at radius 3 is 2.60 bits per heavy atom. The van der Waals surface area contributed by atoms with Crippen molar-refractivity contribution in [1.29, 1.82) is 0 Å². The second kappa shape index (κ2) is 4.69. The third-order valence-electron chi connectivity index (χ3n) is 2.19. The molecular formula is C8H19N2+. The van der Waals surface area contributed by atoms with Gasteiger partial charge in [0.05, 0.1) is 19.6 Å². The zero-order chi connectivity index (χ0) is 7.23. The topological polar surface area (TPSA) is 16.5 Å². The average molecular weight is 143 g/mol. The molecule has 0 saturated carbocycles. The first-order valence-electron chi connectivity index (χ1n) is 4.47. The van der Waals surface area contributed by atoms with Crippen LogP contribution in [0.25, 0.3) is 0 Å². The van der Waals surface area contributed by atoms with Crippen molar-refractivity contribution in [2.75, 3.05) is 32.7 Å². The monoisotopic (exact) mass is 143 g/mol. The van der Waals surface area contributed by atoms with Crippen LogP contribution in [0.3, 0.4) is 0 Å². The summed E-state index contributed by atoms with van der Waals surface area (Å²) in [7, 11) is 0. The number of nitrogens with one attached hydrogen (secondary N) is 2. The summed E-state index contributed by atoms with van der Waals surface area (Å²) in [5.41, 5.74) is 0. The van der Waals surface area contributed by atoms with Crippen LogP contribution >= 0.6 is 0 Å². The van der Waals surface area contributed by atoms with E-state index in [0.29, 0.717) is 0 Å². The molecule has 2 N–H and O–H groups in total. The Labute approximate surface area is 63.6 Å². The normalized spacial score (nSPS) is 21.3. The zero-order valence-corrected chi connectivity index (χ0v) is 6.95. The van der Waals surface area contributed by atoms with E-state index in [1.165, 1.54) is 45.6 Å². The van der Waals surface area contributed by atoms with Gasteiger partial charge in [0, 0.05) is 13.1 Å². The Hall–Kier alpha value is -0.0800. The summed E-state index contributed by atoms with van der Waals surface area (Å²) in [5.74, 6) is 0. The van der Waals surface area contributed by atoms with Crippen LogP contribution in [0.5, 0.6) is 0 Å². The summed E-state index contributed by atoms with van der Waals surface area (Å²) >= 11 is 0. The molecule has 1 heterocycles. The van der Waals surface area contributed by atoms with Gasteiger partial charge in [0.15, 0.2) is 0 Å². The first-order valence-corrected chi connectivity index (χ1v) is 4.47. The predicted molar refractivity (Wildman–Crippen MR) is 43.3 cm³/mol. The van der Waals surface area contributed by atoms with E-state index in [9.17, 15) is 0 Å². The molecule has 0 atom stereocenters. The lowest BCUT2D eigenvalue weighted by Crippen LogP contribution is -3.14. The van der Waals surface area contributed by atoms with Crippen LogP contribution in [0.4, 0.5) is 0 Å². The third kappa shape index (κ3) is 2.67. The molecule has 1 saturated heterocycles.